The van der Waals surface area contributed by atoms with Gasteiger partial charge in [-0.05, 0) is 49.2 Å². The molecule has 0 saturated carbocycles. The molecule has 1 aliphatic rings. The first-order valence-electron chi connectivity index (χ1n) is 9.93. The number of carbonyl (C=O) groups excluding carboxylic acids is 1. The monoisotopic (exact) mass is 462 g/mol. The molecule has 0 unspecified atom stereocenters. The van der Waals surface area contributed by atoms with E-state index in [0.717, 1.165) is 62.9 Å². The maximum Gasteiger partial charge on any atom is 0.337 e. The van der Waals surface area contributed by atoms with Crippen LogP contribution in [0.15, 0.2) is 41.3 Å². The van der Waals surface area contributed by atoms with Crippen molar-refractivity contribution in [1.82, 2.24) is 14.8 Å². The molecule has 0 spiro atoms. The average molecular weight is 462 g/mol. The van der Waals surface area contributed by atoms with Gasteiger partial charge in [0.2, 0.25) is 0 Å². The normalized spacial score (nSPS) is 13.8. The highest BCUT2D eigenvalue weighted by molar-refractivity contribution is 7.92. The minimum Gasteiger partial charge on any atom is -0.465 e. The Morgan fingerprint density at radius 3 is 2.62 bits per heavy atom. The summed E-state index contributed by atoms with van der Waals surface area (Å²) >= 11 is 0. The fraction of sp³-hybridized carbons (Fsp3) is 0.286. The summed E-state index contributed by atoms with van der Waals surface area (Å²) < 4.78 is 63.2. The van der Waals surface area contributed by atoms with Crippen molar-refractivity contribution in [3.63, 3.8) is 0 Å². The molecule has 11 heteroatoms. The molecule has 2 heterocycles. The van der Waals surface area contributed by atoms with Crippen molar-refractivity contribution >= 4 is 21.7 Å². The van der Waals surface area contributed by atoms with Crippen LogP contribution < -0.4 is 4.72 Å². The molecule has 3 aromatic rings. The number of aryl methyl sites for hydroxylation is 1. The first-order chi connectivity index (χ1) is 15.3. The first kappa shape index (κ1) is 21.9. The van der Waals surface area contributed by atoms with Gasteiger partial charge in [0.25, 0.3) is 10.0 Å². The van der Waals surface area contributed by atoms with Crippen molar-refractivity contribution in [2.45, 2.75) is 37.1 Å². The van der Waals surface area contributed by atoms with E-state index in [4.69, 9.17) is 0 Å². The third-order valence-electron chi connectivity index (χ3n) is 5.21. The van der Waals surface area contributed by atoms with Crippen LogP contribution in [0.4, 0.5) is 14.5 Å². The van der Waals surface area contributed by atoms with Gasteiger partial charge in [0.05, 0.1) is 18.2 Å². The van der Waals surface area contributed by atoms with E-state index in [2.05, 4.69) is 19.7 Å². The maximum atomic E-state index is 14.6. The Labute approximate surface area is 183 Å². The number of hydrogen-bond acceptors (Lipinski definition) is 6. The zero-order valence-electron chi connectivity index (χ0n) is 17.1. The zero-order valence-corrected chi connectivity index (χ0v) is 18.0. The molecule has 0 aliphatic carbocycles. The van der Waals surface area contributed by atoms with Crippen molar-refractivity contribution in [2.24, 2.45) is 0 Å². The number of nitrogens with zero attached hydrogens (tertiary/aromatic N) is 3. The first-order valence-corrected chi connectivity index (χ1v) is 11.4. The van der Waals surface area contributed by atoms with Gasteiger partial charge in [-0.1, -0.05) is 6.42 Å². The summed E-state index contributed by atoms with van der Waals surface area (Å²) in [6.45, 7) is 0.637. The van der Waals surface area contributed by atoms with Gasteiger partial charge >= 0.3 is 5.97 Å². The lowest BCUT2D eigenvalue weighted by atomic mass is 10.1. The molecule has 0 bridgehead atoms. The number of aromatic nitrogens is 3. The lowest BCUT2D eigenvalue weighted by Gasteiger charge is -2.12. The number of carbonyl (C=O) groups is 1. The molecule has 2 aromatic carbocycles. The highest BCUT2D eigenvalue weighted by Crippen LogP contribution is 2.29. The predicted octanol–water partition coefficient (Wildman–Crippen LogP) is 3.54. The molecule has 4 rings (SSSR count). The number of sulfonamides is 1. The number of anilines is 1. The highest BCUT2D eigenvalue weighted by Gasteiger charge is 2.24. The third-order valence-corrected chi connectivity index (χ3v) is 6.61. The van der Waals surface area contributed by atoms with E-state index in [1.807, 2.05) is 4.57 Å². The Morgan fingerprint density at radius 1 is 1.06 bits per heavy atom. The molecular formula is C21H20F2N4O4S. The maximum absolute atomic E-state index is 14.6. The van der Waals surface area contributed by atoms with Crippen LogP contribution in [0.2, 0.25) is 0 Å². The smallest absolute Gasteiger partial charge is 0.337 e. The predicted molar refractivity (Wildman–Crippen MR) is 112 cm³/mol. The molecule has 168 valence electrons. The lowest BCUT2D eigenvalue weighted by Crippen LogP contribution is -2.16. The van der Waals surface area contributed by atoms with Crippen LogP contribution >= 0.6 is 0 Å². The standard InChI is InChI=1S/C21H20F2N4O4S/c1-31-21(28)13-6-8-17(23)18(11-13)32(29,30)26-14-7-9-16(22)15(12-14)20-25-24-19-5-3-2-4-10-27(19)20/h6-9,11-12,26H,2-5,10H2,1H3. The van der Waals surface area contributed by atoms with E-state index in [1.54, 1.807) is 0 Å². The summed E-state index contributed by atoms with van der Waals surface area (Å²) in [6.07, 6.45) is 3.64. The van der Waals surface area contributed by atoms with Gasteiger partial charge in [0.15, 0.2) is 5.82 Å². The van der Waals surface area contributed by atoms with Gasteiger partial charge in [-0.2, -0.15) is 0 Å². The van der Waals surface area contributed by atoms with Crippen LogP contribution in [0.5, 0.6) is 0 Å². The Balaban J connectivity index is 1.70. The molecule has 32 heavy (non-hydrogen) atoms. The van der Waals surface area contributed by atoms with E-state index < -0.39 is 32.5 Å². The summed E-state index contributed by atoms with van der Waals surface area (Å²) in [4.78, 5) is 11.0. The number of halogens is 2. The van der Waals surface area contributed by atoms with E-state index in [0.29, 0.717) is 12.4 Å². The fourth-order valence-electron chi connectivity index (χ4n) is 3.61. The van der Waals surface area contributed by atoms with Crippen molar-refractivity contribution in [2.75, 3.05) is 11.8 Å². The van der Waals surface area contributed by atoms with Crippen LogP contribution in [0.25, 0.3) is 11.4 Å². The van der Waals surface area contributed by atoms with Crippen molar-refractivity contribution in [1.29, 1.82) is 0 Å². The van der Waals surface area contributed by atoms with Crippen LogP contribution in [0.3, 0.4) is 0 Å². The quantitative estimate of drug-likeness (QED) is 0.582. The van der Waals surface area contributed by atoms with Crippen molar-refractivity contribution < 1.29 is 26.7 Å². The number of fused-ring (bicyclic) bond motifs is 1. The van der Waals surface area contributed by atoms with Crippen LogP contribution in [0.1, 0.15) is 35.4 Å². The van der Waals surface area contributed by atoms with Gasteiger partial charge in [-0.25, -0.2) is 22.0 Å². The SMILES string of the molecule is COC(=O)c1ccc(F)c(S(=O)(=O)Nc2ccc(F)c(-c3nnc4n3CCCCC4)c2)c1. The van der Waals surface area contributed by atoms with Gasteiger partial charge in [0, 0.05) is 18.7 Å². The van der Waals surface area contributed by atoms with Gasteiger partial charge in [-0.3, -0.25) is 4.72 Å². The largest absolute Gasteiger partial charge is 0.465 e. The summed E-state index contributed by atoms with van der Waals surface area (Å²) in [5.41, 5.74) is -0.0369. The molecule has 1 aromatic heterocycles. The second-order valence-electron chi connectivity index (χ2n) is 7.34. The Morgan fingerprint density at radius 2 is 1.84 bits per heavy atom. The third kappa shape index (κ3) is 4.20. The van der Waals surface area contributed by atoms with E-state index >= 15 is 0 Å². The summed E-state index contributed by atoms with van der Waals surface area (Å²) in [6, 6.07) is 6.48. The second-order valence-corrected chi connectivity index (χ2v) is 8.99. The van der Waals surface area contributed by atoms with Gasteiger partial charge in [0.1, 0.15) is 22.4 Å². The molecule has 0 fully saturated rings. The summed E-state index contributed by atoms with van der Waals surface area (Å²) in [5, 5.41) is 8.25. The molecule has 1 aliphatic heterocycles. The van der Waals surface area contributed by atoms with Crippen LogP contribution in [0, 0.1) is 11.6 Å². The fourth-order valence-corrected chi connectivity index (χ4v) is 4.76. The Kier molecular flexibility index (Phi) is 5.92. The summed E-state index contributed by atoms with van der Waals surface area (Å²) in [5.74, 6) is -1.39. The van der Waals surface area contributed by atoms with Gasteiger partial charge in [-0.15, -0.1) is 10.2 Å². The molecular weight excluding hydrogens is 442 g/mol. The van der Waals surface area contributed by atoms with Crippen molar-refractivity contribution in [3.05, 3.63) is 59.4 Å². The zero-order chi connectivity index (χ0) is 22.9. The van der Waals surface area contributed by atoms with Gasteiger partial charge < -0.3 is 9.30 Å². The van der Waals surface area contributed by atoms with E-state index in [-0.39, 0.29) is 16.8 Å². The van der Waals surface area contributed by atoms with Crippen LogP contribution in [-0.4, -0.2) is 36.3 Å². The minimum absolute atomic E-state index is 0.00948. The molecule has 0 amide bonds. The average Bonchev–Trinajstić information content (AvgIpc) is 3.02. The Bertz CT molecular complexity index is 1290. The number of nitrogens with one attached hydrogen (secondary N) is 1. The molecule has 1 N–H and O–H groups in total. The number of benzene rings is 2. The minimum atomic E-state index is -4.43. The number of hydrogen-bond donors (Lipinski definition) is 1. The number of rotatable bonds is 5. The number of ether oxygens (including phenoxy) is 1. The Hall–Kier alpha value is -3.34. The molecule has 8 nitrogen and oxygen atoms in total. The van der Waals surface area contributed by atoms with Crippen molar-refractivity contribution in [3.8, 4) is 11.4 Å². The number of esters is 1. The summed E-state index contributed by atoms with van der Waals surface area (Å²) in [7, 11) is -3.30. The molecule has 0 saturated heterocycles. The van der Waals surface area contributed by atoms with E-state index in [1.165, 1.54) is 12.1 Å². The number of methoxy groups -OCH3 is 1. The lowest BCUT2D eigenvalue weighted by molar-refractivity contribution is 0.0600. The second kappa shape index (κ2) is 8.65. The topological polar surface area (TPSA) is 103 Å². The van der Waals surface area contributed by atoms with E-state index in [9.17, 15) is 22.0 Å². The molecule has 0 radical (unpaired) electrons. The van der Waals surface area contributed by atoms with Crippen LogP contribution in [-0.2, 0) is 27.7 Å². The highest BCUT2D eigenvalue weighted by atomic mass is 32.2. The molecule has 0 atom stereocenters.